The lowest BCUT2D eigenvalue weighted by atomic mass is 9.83. The largest absolute Gasteiger partial charge is 0.454 e. The molecule has 5 rings (SSSR count). The average molecular weight is 464 g/mol. The van der Waals surface area contributed by atoms with Crippen LogP contribution in [0.1, 0.15) is 29.8 Å². The summed E-state index contributed by atoms with van der Waals surface area (Å²) < 4.78 is 5.49. The first-order chi connectivity index (χ1) is 16.9. The molecule has 35 heavy (non-hydrogen) atoms. The van der Waals surface area contributed by atoms with Gasteiger partial charge in [0.25, 0.3) is 0 Å². The summed E-state index contributed by atoms with van der Waals surface area (Å²) in [6, 6.07) is 20.9. The van der Waals surface area contributed by atoms with Crippen LogP contribution in [0, 0.1) is 0 Å². The number of hydrogen-bond acceptors (Lipinski definition) is 6. The molecule has 0 unspecified atom stereocenters. The van der Waals surface area contributed by atoms with Gasteiger partial charge in [-0.3, -0.25) is 9.78 Å². The van der Waals surface area contributed by atoms with Crippen LogP contribution in [-0.2, 0) is 14.9 Å². The van der Waals surface area contributed by atoms with Crippen LogP contribution in [0.2, 0.25) is 0 Å². The second-order valence-electron chi connectivity index (χ2n) is 9.08. The van der Waals surface area contributed by atoms with Crippen molar-refractivity contribution < 1.29 is 14.3 Å². The number of aromatic nitrogens is 2. The van der Waals surface area contributed by atoms with Crippen LogP contribution in [0.3, 0.4) is 0 Å². The van der Waals surface area contributed by atoms with Gasteiger partial charge in [0, 0.05) is 53.3 Å². The van der Waals surface area contributed by atoms with E-state index >= 15 is 0 Å². The van der Waals surface area contributed by atoms with E-state index in [2.05, 4.69) is 29.9 Å². The first-order valence-electron chi connectivity index (χ1n) is 11.4. The third kappa shape index (κ3) is 4.08. The highest BCUT2D eigenvalue weighted by atomic mass is 16.5. The summed E-state index contributed by atoms with van der Waals surface area (Å²) in [4.78, 5) is 36.7. The molecule has 4 aromatic rings. The predicted molar refractivity (Wildman–Crippen MR) is 136 cm³/mol. The fourth-order valence-electron chi connectivity index (χ4n) is 4.68. The maximum absolute atomic E-state index is 13.1. The number of likely N-dealkylation sites (N-methyl/N-ethyl adjacent to an activating group) is 1. The molecule has 3 heterocycles. The van der Waals surface area contributed by atoms with E-state index in [1.165, 1.54) is 0 Å². The smallest absolute Gasteiger partial charge is 0.339 e. The Morgan fingerprint density at radius 2 is 1.71 bits per heavy atom. The van der Waals surface area contributed by atoms with Crippen LogP contribution in [0.5, 0.6) is 0 Å². The van der Waals surface area contributed by atoms with Gasteiger partial charge in [-0.15, -0.1) is 0 Å². The molecule has 1 aliphatic rings. The minimum absolute atomic E-state index is 0.270. The van der Waals surface area contributed by atoms with Crippen molar-refractivity contribution in [1.29, 1.82) is 0 Å². The van der Waals surface area contributed by atoms with Gasteiger partial charge in [-0.1, -0.05) is 50.2 Å². The van der Waals surface area contributed by atoms with E-state index in [4.69, 9.17) is 4.74 Å². The minimum atomic E-state index is -0.562. The molecule has 0 aliphatic carbocycles. The molecule has 0 bridgehead atoms. The molecule has 0 amide bonds. The van der Waals surface area contributed by atoms with Gasteiger partial charge in [-0.05, 0) is 35.9 Å². The van der Waals surface area contributed by atoms with Crippen LogP contribution >= 0.6 is 0 Å². The molecule has 0 spiro atoms. The summed E-state index contributed by atoms with van der Waals surface area (Å²) in [6.45, 7) is 3.83. The second-order valence-corrected chi connectivity index (χ2v) is 9.08. The predicted octanol–water partition coefficient (Wildman–Crippen LogP) is 5.33. The van der Waals surface area contributed by atoms with Gasteiger partial charge in [0.1, 0.15) is 0 Å². The molecular formula is C29H25N3O3. The standard InChI is InChI=1S/C29H25N3O3/c1-29(2)23-9-5-7-11-26(23)32(3)27(29)16-20(33)18-35-28(34)22-17-25(19-12-14-30-15-13-19)31-24-10-6-4-8-21(22)24/h4-17H,18H2,1-3H3. The van der Waals surface area contributed by atoms with E-state index in [1.54, 1.807) is 24.5 Å². The van der Waals surface area contributed by atoms with Crippen molar-refractivity contribution in [3.05, 3.63) is 102 Å². The maximum atomic E-state index is 13.1. The van der Waals surface area contributed by atoms with Crippen LogP contribution in [-0.4, -0.2) is 35.4 Å². The Hall–Kier alpha value is -4.32. The Morgan fingerprint density at radius 1 is 1.00 bits per heavy atom. The van der Waals surface area contributed by atoms with E-state index in [0.717, 1.165) is 22.5 Å². The molecule has 0 N–H and O–H groups in total. The highest BCUT2D eigenvalue weighted by Crippen LogP contribution is 2.46. The summed E-state index contributed by atoms with van der Waals surface area (Å²) >= 11 is 0. The van der Waals surface area contributed by atoms with Crippen molar-refractivity contribution in [1.82, 2.24) is 9.97 Å². The summed E-state index contributed by atoms with van der Waals surface area (Å²) in [7, 11) is 1.95. The van der Waals surface area contributed by atoms with Crippen molar-refractivity contribution in [2.24, 2.45) is 0 Å². The maximum Gasteiger partial charge on any atom is 0.339 e. The van der Waals surface area contributed by atoms with E-state index in [-0.39, 0.29) is 17.8 Å². The molecular weight excluding hydrogens is 438 g/mol. The number of benzene rings is 2. The quantitative estimate of drug-likeness (QED) is 0.294. The van der Waals surface area contributed by atoms with Crippen molar-refractivity contribution in [2.75, 3.05) is 18.6 Å². The SMILES string of the molecule is CN1C(=CC(=O)COC(=O)c2cc(-c3ccncc3)nc3ccccc23)C(C)(C)c2ccccc21. The number of allylic oxidation sites excluding steroid dienone is 1. The zero-order chi connectivity index (χ0) is 24.6. The van der Waals surface area contributed by atoms with Crippen LogP contribution < -0.4 is 4.90 Å². The van der Waals surface area contributed by atoms with Gasteiger partial charge in [-0.2, -0.15) is 0 Å². The topological polar surface area (TPSA) is 72.4 Å². The van der Waals surface area contributed by atoms with E-state index < -0.39 is 5.97 Å². The van der Waals surface area contributed by atoms with Crippen molar-refractivity contribution in [2.45, 2.75) is 19.3 Å². The number of ether oxygens (including phenoxy) is 1. The fraction of sp³-hybridized carbons (Fsp3) is 0.172. The molecule has 6 nitrogen and oxygen atoms in total. The lowest BCUT2D eigenvalue weighted by Crippen LogP contribution is -2.25. The van der Waals surface area contributed by atoms with Crippen LogP contribution in [0.4, 0.5) is 5.69 Å². The van der Waals surface area contributed by atoms with Gasteiger partial charge >= 0.3 is 5.97 Å². The van der Waals surface area contributed by atoms with Gasteiger partial charge in [0.05, 0.1) is 16.8 Å². The molecule has 1 aliphatic heterocycles. The van der Waals surface area contributed by atoms with Crippen LogP contribution in [0.25, 0.3) is 22.2 Å². The number of anilines is 1. The highest BCUT2D eigenvalue weighted by molar-refractivity contribution is 6.05. The molecule has 0 atom stereocenters. The summed E-state index contributed by atoms with van der Waals surface area (Å²) in [6.07, 6.45) is 4.94. The van der Waals surface area contributed by atoms with E-state index in [1.807, 2.05) is 66.5 Å². The monoisotopic (exact) mass is 463 g/mol. The summed E-state index contributed by atoms with van der Waals surface area (Å²) in [5.74, 6) is -0.832. The average Bonchev–Trinajstić information content (AvgIpc) is 3.07. The minimum Gasteiger partial charge on any atom is -0.454 e. The number of pyridine rings is 2. The summed E-state index contributed by atoms with van der Waals surface area (Å²) in [5.41, 5.74) is 5.29. The number of esters is 1. The van der Waals surface area contributed by atoms with Crippen molar-refractivity contribution in [3.8, 4) is 11.3 Å². The molecule has 0 saturated carbocycles. The Morgan fingerprint density at radius 3 is 2.49 bits per heavy atom. The van der Waals surface area contributed by atoms with E-state index in [9.17, 15) is 9.59 Å². The molecule has 174 valence electrons. The molecule has 6 heteroatoms. The highest BCUT2D eigenvalue weighted by Gasteiger charge is 2.38. The summed E-state index contributed by atoms with van der Waals surface area (Å²) in [5, 5.41) is 0.674. The number of para-hydroxylation sites is 2. The first-order valence-corrected chi connectivity index (χ1v) is 11.4. The molecule has 2 aromatic carbocycles. The Labute approximate surface area is 203 Å². The number of rotatable bonds is 5. The molecule has 0 fully saturated rings. The number of carbonyl (C=O) groups excluding carboxylic acids is 2. The normalized spacial score (nSPS) is 15.3. The molecule has 0 saturated heterocycles. The number of ketones is 1. The number of hydrogen-bond donors (Lipinski definition) is 0. The van der Waals surface area contributed by atoms with Crippen molar-refractivity contribution in [3.63, 3.8) is 0 Å². The zero-order valence-electron chi connectivity index (χ0n) is 19.9. The first kappa shape index (κ1) is 22.5. The molecule has 0 radical (unpaired) electrons. The van der Waals surface area contributed by atoms with Crippen molar-refractivity contribution >= 4 is 28.3 Å². The lowest BCUT2D eigenvalue weighted by Gasteiger charge is -2.23. The number of carbonyl (C=O) groups is 2. The third-order valence-electron chi connectivity index (χ3n) is 6.50. The number of fused-ring (bicyclic) bond motifs is 2. The number of nitrogens with zero attached hydrogens (tertiary/aromatic N) is 3. The van der Waals surface area contributed by atoms with Gasteiger partial charge < -0.3 is 9.64 Å². The van der Waals surface area contributed by atoms with Gasteiger partial charge in [0.15, 0.2) is 12.4 Å². The van der Waals surface area contributed by atoms with E-state index in [0.29, 0.717) is 22.2 Å². The zero-order valence-corrected chi connectivity index (χ0v) is 19.9. The van der Waals surface area contributed by atoms with Crippen LogP contribution in [0.15, 0.2) is 90.9 Å². The lowest BCUT2D eigenvalue weighted by molar-refractivity contribution is -0.117. The molecule has 2 aromatic heterocycles. The third-order valence-corrected chi connectivity index (χ3v) is 6.50. The van der Waals surface area contributed by atoms with Gasteiger partial charge in [-0.25, -0.2) is 9.78 Å². The second kappa shape index (κ2) is 8.80. The Bertz CT molecular complexity index is 1480. The van der Waals surface area contributed by atoms with Gasteiger partial charge in [0.2, 0.25) is 0 Å². The Kier molecular flexibility index (Phi) is 5.65. The fourth-order valence-corrected chi connectivity index (χ4v) is 4.68. The Balaban J connectivity index is 1.39.